The van der Waals surface area contributed by atoms with Crippen LogP contribution < -0.4 is 0 Å². The number of rotatable bonds is 3. The summed E-state index contributed by atoms with van der Waals surface area (Å²) in [4.78, 5) is 10.9. The predicted molar refractivity (Wildman–Crippen MR) is 65.8 cm³/mol. The number of aryl methyl sites for hydroxylation is 1. The van der Waals surface area contributed by atoms with E-state index in [4.69, 9.17) is 16.7 Å². The second-order valence-corrected chi connectivity index (χ2v) is 5.26. The van der Waals surface area contributed by atoms with Crippen molar-refractivity contribution in [3.63, 3.8) is 0 Å². The first kappa shape index (κ1) is 12.2. The second kappa shape index (κ2) is 3.91. The van der Waals surface area contributed by atoms with Crippen molar-refractivity contribution in [3.8, 4) is 5.75 Å². The molecule has 0 atom stereocenters. The summed E-state index contributed by atoms with van der Waals surface area (Å²) in [5, 5.41) is 19.3. The van der Waals surface area contributed by atoms with Crippen LogP contribution in [0.25, 0.3) is 0 Å². The third-order valence-corrected chi connectivity index (χ3v) is 4.12. The van der Waals surface area contributed by atoms with Gasteiger partial charge in [0.15, 0.2) is 0 Å². The molecule has 92 valence electrons. The van der Waals surface area contributed by atoms with Crippen molar-refractivity contribution < 1.29 is 15.0 Å². The Morgan fingerprint density at radius 1 is 1.47 bits per heavy atom. The van der Waals surface area contributed by atoms with Gasteiger partial charge in [0.25, 0.3) is 0 Å². The number of phenols is 1. The number of hydrogen-bond donors (Lipinski definition) is 2. The van der Waals surface area contributed by atoms with Crippen molar-refractivity contribution in [1.82, 2.24) is 0 Å². The molecule has 0 spiro atoms. The van der Waals surface area contributed by atoms with Crippen LogP contribution in [0.3, 0.4) is 0 Å². The van der Waals surface area contributed by atoms with Gasteiger partial charge in [0.2, 0.25) is 0 Å². The van der Waals surface area contributed by atoms with E-state index in [1.54, 1.807) is 0 Å². The summed E-state index contributed by atoms with van der Waals surface area (Å²) in [5.74, 6) is -0.787. The van der Waals surface area contributed by atoms with E-state index >= 15 is 0 Å². The molecule has 1 saturated carbocycles. The van der Waals surface area contributed by atoms with E-state index < -0.39 is 11.4 Å². The van der Waals surface area contributed by atoms with Crippen molar-refractivity contribution >= 4 is 17.6 Å². The Labute approximate surface area is 105 Å². The zero-order chi connectivity index (χ0) is 12.8. The highest BCUT2D eigenvalue weighted by molar-refractivity contribution is 6.33. The first-order valence-electron chi connectivity index (χ1n) is 5.58. The summed E-state index contributed by atoms with van der Waals surface area (Å²) in [5.41, 5.74) is 2.12. The Morgan fingerprint density at radius 2 is 2.06 bits per heavy atom. The van der Waals surface area contributed by atoms with Crippen molar-refractivity contribution in [2.45, 2.75) is 38.5 Å². The fraction of sp³-hybridized carbons (Fsp3) is 0.462. The first-order chi connectivity index (χ1) is 7.87. The van der Waals surface area contributed by atoms with Crippen LogP contribution in [-0.4, -0.2) is 16.2 Å². The molecule has 1 aromatic rings. The van der Waals surface area contributed by atoms with Gasteiger partial charge >= 0.3 is 5.97 Å². The van der Waals surface area contributed by atoms with Crippen LogP contribution in [0.5, 0.6) is 5.75 Å². The third kappa shape index (κ3) is 2.00. The van der Waals surface area contributed by atoms with Crippen LogP contribution in [-0.2, 0) is 10.2 Å². The minimum Gasteiger partial charge on any atom is -0.506 e. The van der Waals surface area contributed by atoms with Gasteiger partial charge in [-0.3, -0.25) is 4.79 Å². The van der Waals surface area contributed by atoms with Crippen LogP contribution in [0.1, 0.15) is 36.0 Å². The zero-order valence-electron chi connectivity index (χ0n) is 9.88. The Kier molecular flexibility index (Phi) is 2.82. The zero-order valence-corrected chi connectivity index (χ0v) is 10.6. The molecule has 2 rings (SSSR count). The lowest BCUT2D eigenvalue weighted by atomic mass is 9.89. The maximum atomic E-state index is 10.9. The molecule has 17 heavy (non-hydrogen) atoms. The van der Waals surface area contributed by atoms with Crippen molar-refractivity contribution in [2.24, 2.45) is 0 Å². The summed E-state index contributed by atoms with van der Waals surface area (Å²) in [6.45, 7) is 3.76. The quantitative estimate of drug-likeness (QED) is 0.871. The maximum absolute atomic E-state index is 10.9. The van der Waals surface area contributed by atoms with Crippen molar-refractivity contribution in [3.05, 3.63) is 27.8 Å². The van der Waals surface area contributed by atoms with Gasteiger partial charge in [-0.1, -0.05) is 17.7 Å². The lowest BCUT2D eigenvalue weighted by molar-refractivity contribution is -0.137. The average molecular weight is 255 g/mol. The standard InChI is InChI=1S/C13H15ClO3/c1-7-5-9(12(17)11(14)8(7)2)13(3-4-13)6-10(15)16/h5,17H,3-4,6H2,1-2H3,(H,15,16). The van der Waals surface area contributed by atoms with E-state index in [-0.39, 0.29) is 12.2 Å². The van der Waals surface area contributed by atoms with Crippen LogP contribution >= 0.6 is 11.6 Å². The molecule has 2 N–H and O–H groups in total. The highest BCUT2D eigenvalue weighted by atomic mass is 35.5. The van der Waals surface area contributed by atoms with Crippen LogP contribution in [0.4, 0.5) is 0 Å². The number of carbonyl (C=O) groups is 1. The maximum Gasteiger partial charge on any atom is 0.304 e. The molecular weight excluding hydrogens is 240 g/mol. The summed E-state index contributed by atoms with van der Waals surface area (Å²) < 4.78 is 0. The average Bonchev–Trinajstić information content (AvgIpc) is 3.00. The molecule has 0 bridgehead atoms. The fourth-order valence-corrected chi connectivity index (χ4v) is 2.50. The second-order valence-electron chi connectivity index (χ2n) is 4.88. The molecule has 1 fully saturated rings. The summed E-state index contributed by atoms with van der Waals surface area (Å²) in [7, 11) is 0. The fourth-order valence-electron chi connectivity index (χ4n) is 2.25. The van der Waals surface area contributed by atoms with Gasteiger partial charge in [-0.05, 0) is 37.8 Å². The minimum atomic E-state index is -0.837. The summed E-state index contributed by atoms with van der Waals surface area (Å²) >= 11 is 6.06. The van der Waals surface area contributed by atoms with E-state index in [9.17, 15) is 9.90 Å². The Bertz CT molecular complexity index is 490. The first-order valence-corrected chi connectivity index (χ1v) is 5.96. The van der Waals surface area contributed by atoms with E-state index in [0.717, 1.165) is 24.0 Å². The number of carboxylic acid groups (broad SMARTS) is 1. The molecule has 3 nitrogen and oxygen atoms in total. The van der Waals surface area contributed by atoms with Gasteiger partial charge in [0, 0.05) is 11.0 Å². The number of carboxylic acids is 1. The van der Waals surface area contributed by atoms with Crippen molar-refractivity contribution in [2.75, 3.05) is 0 Å². The highest BCUT2D eigenvalue weighted by Crippen LogP contribution is 2.55. The molecule has 4 heteroatoms. The number of halogens is 1. The molecule has 0 saturated heterocycles. The topological polar surface area (TPSA) is 57.5 Å². The van der Waals surface area contributed by atoms with Gasteiger partial charge in [-0.15, -0.1) is 0 Å². The Balaban J connectivity index is 2.50. The van der Waals surface area contributed by atoms with E-state index in [2.05, 4.69) is 0 Å². The number of phenolic OH excluding ortho intramolecular Hbond substituents is 1. The molecule has 0 unspecified atom stereocenters. The lowest BCUT2D eigenvalue weighted by Gasteiger charge is -2.18. The van der Waals surface area contributed by atoms with E-state index in [0.29, 0.717) is 10.6 Å². The molecule has 1 aromatic carbocycles. The van der Waals surface area contributed by atoms with Gasteiger partial charge in [0.1, 0.15) is 5.75 Å². The monoisotopic (exact) mass is 254 g/mol. The van der Waals surface area contributed by atoms with Gasteiger partial charge < -0.3 is 10.2 Å². The SMILES string of the molecule is Cc1cc(C2(CC(=O)O)CC2)c(O)c(Cl)c1C. The molecule has 1 aliphatic carbocycles. The number of aromatic hydroxyl groups is 1. The molecule has 0 aliphatic heterocycles. The lowest BCUT2D eigenvalue weighted by Crippen LogP contribution is -2.13. The molecule has 0 amide bonds. The van der Waals surface area contributed by atoms with Crippen LogP contribution in [0, 0.1) is 13.8 Å². The van der Waals surface area contributed by atoms with Gasteiger partial charge in [-0.2, -0.15) is 0 Å². The minimum absolute atomic E-state index is 0.0496. The predicted octanol–water partition coefficient (Wildman–Crippen LogP) is 3.17. The summed E-state index contributed by atoms with van der Waals surface area (Å²) in [6, 6.07) is 1.87. The normalized spacial score (nSPS) is 16.9. The summed E-state index contributed by atoms with van der Waals surface area (Å²) in [6.07, 6.45) is 1.65. The van der Waals surface area contributed by atoms with Crippen molar-refractivity contribution in [1.29, 1.82) is 0 Å². The molecule has 1 aliphatic rings. The Morgan fingerprint density at radius 3 is 2.53 bits per heavy atom. The number of aliphatic carboxylic acids is 1. The molecular formula is C13H15ClO3. The number of hydrogen-bond acceptors (Lipinski definition) is 2. The van der Waals surface area contributed by atoms with Gasteiger partial charge in [-0.25, -0.2) is 0 Å². The van der Waals surface area contributed by atoms with Gasteiger partial charge in [0.05, 0.1) is 11.4 Å². The third-order valence-electron chi connectivity index (χ3n) is 3.66. The van der Waals surface area contributed by atoms with E-state index in [1.807, 2.05) is 19.9 Å². The largest absolute Gasteiger partial charge is 0.506 e. The molecule has 0 aromatic heterocycles. The number of benzene rings is 1. The van der Waals surface area contributed by atoms with E-state index in [1.165, 1.54) is 0 Å². The molecule has 0 heterocycles. The highest BCUT2D eigenvalue weighted by Gasteiger charge is 2.48. The van der Waals surface area contributed by atoms with Crippen LogP contribution in [0.15, 0.2) is 6.07 Å². The molecule has 0 radical (unpaired) electrons. The smallest absolute Gasteiger partial charge is 0.304 e. The van der Waals surface area contributed by atoms with Crippen LogP contribution in [0.2, 0.25) is 5.02 Å². The Hall–Kier alpha value is -1.22.